The van der Waals surface area contributed by atoms with Gasteiger partial charge in [0.05, 0.1) is 31.5 Å². The van der Waals surface area contributed by atoms with Crippen molar-refractivity contribution in [2.45, 2.75) is 82.5 Å². The molecule has 0 spiro atoms. The monoisotopic (exact) mass is 725 g/mol. The maximum Gasteiger partial charge on any atom is 0.410 e. The van der Waals surface area contributed by atoms with Gasteiger partial charge in [-0.15, -0.1) is 11.3 Å². The van der Waals surface area contributed by atoms with Gasteiger partial charge < -0.3 is 29.7 Å². The molecule has 48 heavy (non-hydrogen) atoms. The summed E-state index contributed by atoms with van der Waals surface area (Å²) in [5.41, 5.74) is 0.298. The van der Waals surface area contributed by atoms with Crippen LogP contribution in [0.5, 0.6) is 11.5 Å². The lowest BCUT2D eigenvalue weighted by atomic mass is 10.1. The Morgan fingerprint density at radius 1 is 1.23 bits per heavy atom. The number of hydrogen-bond donors (Lipinski definition) is 2. The summed E-state index contributed by atoms with van der Waals surface area (Å²) in [4.78, 5) is 18.0. The quantitative estimate of drug-likeness (QED) is 0.161. The lowest BCUT2D eigenvalue weighted by Crippen LogP contribution is -2.45. The largest absolute Gasteiger partial charge is 0.497 e. The van der Waals surface area contributed by atoms with Crippen LogP contribution < -0.4 is 24.4 Å². The smallest absolute Gasteiger partial charge is 0.410 e. The van der Waals surface area contributed by atoms with E-state index in [9.17, 15) is 13.2 Å². The number of aromatic nitrogens is 1. The molecule has 15 heteroatoms. The van der Waals surface area contributed by atoms with Crippen molar-refractivity contribution in [3.8, 4) is 11.5 Å². The highest BCUT2D eigenvalue weighted by Crippen LogP contribution is 2.35. The fourth-order valence-corrected chi connectivity index (χ4v) is 8.03. The Hall–Kier alpha value is -3.33. The second kappa shape index (κ2) is 16.4. The molecule has 1 fully saturated rings. The molecule has 2 heterocycles. The van der Waals surface area contributed by atoms with Gasteiger partial charge in [0.15, 0.2) is 5.13 Å². The van der Waals surface area contributed by atoms with Crippen LogP contribution in [0.4, 0.5) is 20.0 Å². The van der Waals surface area contributed by atoms with Gasteiger partial charge in [-0.25, -0.2) is 26.9 Å². The molecule has 1 aromatic heterocycles. The van der Waals surface area contributed by atoms with E-state index in [1.54, 1.807) is 28.5 Å². The minimum atomic E-state index is -4.43. The summed E-state index contributed by atoms with van der Waals surface area (Å²) in [6, 6.07) is 7.52. The summed E-state index contributed by atoms with van der Waals surface area (Å²) >= 11 is 7.62. The molecule has 4 rings (SSSR count). The molecule has 0 saturated carbocycles. The molecule has 0 bridgehead atoms. The molecule has 0 unspecified atom stereocenters. The lowest BCUT2D eigenvalue weighted by Gasteiger charge is -2.29. The van der Waals surface area contributed by atoms with Crippen LogP contribution in [0.1, 0.15) is 58.9 Å². The molecule has 2 N–H and O–H groups in total. The summed E-state index contributed by atoms with van der Waals surface area (Å²) in [5, 5.41) is 8.53. The number of carbonyl (C=O) groups is 1. The summed E-state index contributed by atoms with van der Waals surface area (Å²) in [5.74, 6) is 0.0166. The van der Waals surface area contributed by atoms with Crippen molar-refractivity contribution in [2.75, 3.05) is 43.5 Å². The van der Waals surface area contributed by atoms with Gasteiger partial charge in [0.25, 0.3) is 10.0 Å². The Kier molecular flexibility index (Phi) is 12.8. The molecule has 0 aliphatic carbocycles. The second-order valence-corrected chi connectivity index (χ2v) is 15.7. The van der Waals surface area contributed by atoms with Crippen molar-refractivity contribution >= 4 is 49.9 Å². The number of anilines is 2. The number of ether oxygens (including phenoxy) is 3. The zero-order valence-corrected chi connectivity index (χ0v) is 30.6. The van der Waals surface area contributed by atoms with E-state index in [-0.39, 0.29) is 34.9 Å². The van der Waals surface area contributed by atoms with Crippen LogP contribution >= 0.6 is 22.9 Å². The molecule has 2 atom stereocenters. The molecule has 0 radical (unpaired) electrons. The first kappa shape index (κ1) is 37.5. The van der Waals surface area contributed by atoms with Crippen molar-refractivity contribution in [3.05, 3.63) is 58.3 Å². The Morgan fingerprint density at radius 2 is 2.00 bits per heavy atom. The number of likely N-dealkylation sites (tertiary alicyclic amines) is 1. The Morgan fingerprint density at radius 3 is 2.67 bits per heavy atom. The van der Waals surface area contributed by atoms with E-state index in [0.29, 0.717) is 42.4 Å². The number of benzene rings is 2. The SMILES string of the molecule is COc1ccc(CN(c2nccs2)S(=O)(=O)c2cc(Cl)c(NCCC[C@@H](C)NC[C@@H]3CCCN3C(=O)OC(C)(C)C)cc2F)c(OC)c1. The Balaban J connectivity index is 1.36. The van der Waals surface area contributed by atoms with Crippen LogP contribution in [-0.2, 0) is 21.3 Å². The number of halogens is 2. The van der Waals surface area contributed by atoms with E-state index in [1.807, 2.05) is 20.8 Å². The van der Waals surface area contributed by atoms with Gasteiger partial charge in [0.1, 0.15) is 27.8 Å². The average Bonchev–Trinajstić information content (AvgIpc) is 3.74. The van der Waals surface area contributed by atoms with Crippen molar-refractivity contribution in [2.24, 2.45) is 0 Å². The number of carbonyl (C=O) groups excluding carboxylic acids is 1. The van der Waals surface area contributed by atoms with E-state index in [2.05, 4.69) is 22.5 Å². The van der Waals surface area contributed by atoms with Gasteiger partial charge in [-0.05, 0) is 77.6 Å². The summed E-state index contributed by atoms with van der Waals surface area (Å²) in [7, 11) is -1.44. The van der Waals surface area contributed by atoms with Crippen LogP contribution in [0.3, 0.4) is 0 Å². The first-order valence-corrected chi connectivity index (χ1v) is 18.5. The number of thiazole rings is 1. The van der Waals surface area contributed by atoms with Gasteiger partial charge in [-0.1, -0.05) is 11.6 Å². The molecule has 1 aliphatic rings. The van der Waals surface area contributed by atoms with Gasteiger partial charge in [-0.3, -0.25) is 0 Å². The third kappa shape index (κ3) is 9.64. The number of amides is 1. The maximum absolute atomic E-state index is 15.6. The standard InChI is InChI=1S/C33H45ClFN5O6S2/c1-22(38-20-24-10-8-15-39(24)32(41)46-33(2,3)4)9-7-13-36-28-19-27(35)30(18-26(28)34)48(42,43)40(31-37-14-16-47-31)21-23-11-12-25(44-5)17-29(23)45-6/h11-12,14,16-19,22,24,36,38H,7-10,13,15,20-21H2,1-6H3/t22-,24+/m1/s1. The van der Waals surface area contributed by atoms with Crippen LogP contribution in [0.2, 0.25) is 5.02 Å². The molecular weight excluding hydrogens is 681 g/mol. The van der Waals surface area contributed by atoms with Crippen molar-refractivity contribution in [3.63, 3.8) is 0 Å². The van der Waals surface area contributed by atoms with Crippen molar-refractivity contribution in [1.82, 2.24) is 15.2 Å². The molecule has 3 aromatic rings. The van der Waals surface area contributed by atoms with Crippen LogP contribution in [0.25, 0.3) is 0 Å². The minimum absolute atomic E-state index is 0.0748. The highest BCUT2D eigenvalue weighted by atomic mass is 35.5. The first-order chi connectivity index (χ1) is 22.7. The minimum Gasteiger partial charge on any atom is -0.497 e. The van der Waals surface area contributed by atoms with Gasteiger partial charge >= 0.3 is 6.09 Å². The third-order valence-corrected chi connectivity index (χ3v) is 10.8. The molecular formula is C33H45ClFN5O6S2. The van der Waals surface area contributed by atoms with Crippen molar-refractivity contribution < 1.29 is 31.8 Å². The first-order valence-electron chi connectivity index (χ1n) is 15.8. The van der Waals surface area contributed by atoms with Gasteiger partial charge in [-0.2, -0.15) is 0 Å². The Labute approximate surface area is 291 Å². The number of sulfonamides is 1. The number of hydrogen-bond acceptors (Lipinski definition) is 10. The zero-order chi connectivity index (χ0) is 35.1. The number of nitrogens with one attached hydrogen (secondary N) is 2. The number of nitrogens with zero attached hydrogens (tertiary/aromatic N) is 3. The Bertz CT molecular complexity index is 1640. The van der Waals surface area contributed by atoms with E-state index in [0.717, 1.165) is 53.5 Å². The van der Waals surface area contributed by atoms with E-state index < -0.39 is 26.3 Å². The molecule has 1 amide bonds. The van der Waals surface area contributed by atoms with Gasteiger partial charge in [0, 0.05) is 54.9 Å². The summed E-state index contributed by atoms with van der Waals surface area (Å²) < 4.78 is 60.7. The van der Waals surface area contributed by atoms with E-state index in [1.165, 1.54) is 20.4 Å². The van der Waals surface area contributed by atoms with Crippen LogP contribution in [0.15, 0.2) is 46.8 Å². The highest BCUT2D eigenvalue weighted by molar-refractivity contribution is 7.93. The molecule has 11 nitrogen and oxygen atoms in total. The lowest BCUT2D eigenvalue weighted by molar-refractivity contribution is 0.0225. The molecule has 1 aliphatic heterocycles. The van der Waals surface area contributed by atoms with E-state index in [4.69, 9.17) is 25.8 Å². The molecule has 1 saturated heterocycles. The zero-order valence-electron chi connectivity index (χ0n) is 28.2. The summed E-state index contributed by atoms with van der Waals surface area (Å²) in [6.45, 7) is 9.37. The average molecular weight is 726 g/mol. The van der Waals surface area contributed by atoms with E-state index >= 15 is 4.39 Å². The predicted octanol–water partition coefficient (Wildman–Crippen LogP) is 6.92. The second-order valence-electron chi connectivity index (χ2n) is 12.6. The fraction of sp³-hybridized carbons (Fsp3) is 0.515. The number of rotatable bonds is 15. The van der Waals surface area contributed by atoms with Crippen molar-refractivity contribution in [1.29, 1.82) is 0 Å². The fourth-order valence-electron chi connectivity index (χ4n) is 5.39. The van der Waals surface area contributed by atoms with Crippen LogP contribution in [0, 0.1) is 5.82 Å². The number of methoxy groups -OCH3 is 2. The highest BCUT2D eigenvalue weighted by Gasteiger charge is 2.33. The maximum atomic E-state index is 15.6. The molecule has 2 aromatic carbocycles. The normalized spacial score (nSPS) is 15.7. The topological polar surface area (TPSA) is 122 Å². The predicted molar refractivity (Wildman–Crippen MR) is 188 cm³/mol. The van der Waals surface area contributed by atoms with Crippen LogP contribution in [-0.4, -0.2) is 75.9 Å². The third-order valence-electron chi connectivity index (χ3n) is 7.87. The molecule has 264 valence electrons. The summed E-state index contributed by atoms with van der Waals surface area (Å²) in [6.07, 6.45) is 4.63. The van der Waals surface area contributed by atoms with Gasteiger partial charge in [0.2, 0.25) is 0 Å².